The highest BCUT2D eigenvalue weighted by Crippen LogP contribution is 2.29. The van der Waals surface area contributed by atoms with E-state index in [2.05, 4.69) is 10.3 Å². The minimum absolute atomic E-state index is 0.0774. The molecule has 5 nitrogen and oxygen atoms in total. The number of amides is 1. The average molecular weight is 384 g/mol. The van der Waals surface area contributed by atoms with Gasteiger partial charge in [-0.1, -0.05) is 49.7 Å². The second kappa shape index (κ2) is 7.92. The lowest BCUT2D eigenvalue weighted by Crippen LogP contribution is -2.47. The molecule has 1 N–H and O–H groups in total. The van der Waals surface area contributed by atoms with Gasteiger partial charge in [0.1, 0.15) is 6.54 Å². The van der Waals surface area contributed by atoms with Gasteiger partial charge in [0.25, 0.3) is 5.56 Å². The van der Waals surface area contributed by atoms with Crippen LogP contribution in [0.4, 0.5) is 0 Å². The number of fused-ring (bicyclic) bond motifs is 1. The maximum absolute atomic E-state index is 12.7. The third-order valence-electron chi connectivity index (χ3n) is 5.03. The van der Waals surface area contributed by atoms with Crippen molar-refractivity contribution in [3.05, 3.63) is 75.8 Å². The van der Waals surface area contributed by atoms with E-state index < -0.39 is 5.54 Å². The second-order valence-electron chi connectivity index (χ2n) is 6.54. The van der Waals surface area contributed by atoms with Gasteiger partial charge in [0.2, 0.25) is 5.91 Å². The summed E-state index contributed by atoms with van der Waals surface area (Å²) in [7, 11) is 0. The first-order chi connectivity index (χ1) is 13.0. The number of hydrogen-bond donors (Lipinski definition) is 1. The van der Waals surface area contributed by atoms with E-state index in [1.165, 1.54) is 10.9 Å². The van der Waals surface area contributed by atoms with Crippen LogP contribution < -0.4 is 10.9 Å². The molecule has 1 aromatic heterocycles. The van der Waals surface area contributed by atoms with Crippen LogP contribution in [0.1, 0.15) is 32.3 Å². The number of halogens is 1. The highest BCUT2D eigenvalue weighted by molar-refractivity contribution is 6.30. The molecule has 1 heterocycles. The zero-order valence-electron chi connectivity index (χ0n) is 15.4. The van der Waals surface area contributed by atoms with E-state index in [1.807, 2.05) is 44.2 Å². The summed E-state index contributed by atoms with van der Waals surface area (Å²) in [6.45, 7) is 3.98. The van der Waals surface area contributed by atoms with Crippen LogP contribution in [0.5, 0.6) is 0 Å². The second-order valence-corrected chi connectivity index (χ2v) is 6.98. The molecule has 0 aliphatic carbocycles. The molecule has 3 rings (SSSR count). The summed E-state index contributed by atoms with van der Waals surface area (Å²) in [5, 5.41) is 4.28. The highest BCUT2D eigenvalue weighted by atomic mass is 35.5. The largest absolute Gasteiger partial charge is 0.345 e. The van der Waals surface area contributed by atoms with E-state index in [-0.39, 0.29) is 18.0 Å². The summed E-state index contributed by atoms with van der Waals surface area (Å²) in [4.78, 5) is 29.6. The SMILES string of the molecule is CCC(CC)(NC(=O)Cn1cnc2ccccc2c1=O)c1ccc(Cl)cc1. The summed E-state index contributed by atoms with van der Waals surface area (Å²) in [5.41, 5.74) is 0.891. The Morgan fingerprint density at radius 2 is 1.78 bits per heavy atom. The van der Waals surface area contributed by atoms with E-state index in [9.17, 15) is 9.59 Å². The van der Waals surface area contributed by atoms with E-state index in [0.717, 1.165) is 18.4 Å². The zero-order valence-corrected chi connectivity index (χ0v) is 16.2. The van der Waals surface area contributed by atoms with Gasteiger partial charge in [-0.2, -0.15) is 0 Å². The van der Waals surface area contributed by atoms with Crippen molar-refractivity contribution >= 4 is 28.4 Å². The van der Waals surface area contributed by atoms with E-state index in [1.54, 1.807) is 18.2 Å². The van der Waals surface area contributed by atoms with Crippen molar-refractivity contribution in [2.24, 2.45) is 0 Å². The molecule has 0 radical (unpaired) electrons. The molecule has 140 valence electrons. The Bertz CT molecular complexity index is 1010. The number of rotatable bonds is 6. The fourth-order valence-electron chi connectivity index (χ4n) is 3.36. The standard InChI is InChI=1S/C21H22ClN3O2/c1-3-21(4-2,15-9-11-16(22)12-10-15)24-19(26)13-25-14-23-18-8-6-5-7-17(18)20(25)27/h5-12,14H,3-4,13H2,1-2H3,(H,24,26). The van der Waals surface area contributed by atoms with Crippen LogP contribution in [0.2, 0.25) is 5.02 Å². The number of para-hydroxylation sites is 1. The molecule has 0 bridgehead atoms. The Kier molecular flexibility index (Phi) is 5.61. The van der Waals surface area contributed by atoms with Gasteiger partial charge in [-0.05, 0) is 42.7 Å². The zero-order chi connectivity index (χ0) is 19.4. The van der Waals surface area contributed by atoms with Crippen molar-refractivity contribution in [3.63, 3.8) is 0 Å². The van der Waals surface area contributed by atoms with Gasteiger partial charge in [-0.15, -0.1) is 0 Å². The smallest absolute Gasteiger partial charge is 0.261 e. The Hall–Kier alpha value is -2.66. The van der Waals surface area contributed by atoms with Gasteiger partial charge in [-0.25, -0.2) is 4.98 Å². The lowest BCUT2D eigenvalue weighted by atomic mass is 9.84. The molecule has 0 atom stereocenters. The Morgan fingerprint density at radius 1 is 1.11 bits per heavy atom. The summed E-state index contributed by atoms with van der Waals surface area (Å²) in [6, 6.07) is 14.6. The number of carbonyl (C=O) groups excluding carboxylic acids is 1. The Morgan fingerprint density at radius 3 is 2.44 bits per heavy atom. The van der Waals surface area contributed by atoms with E-state index in [4.69, 9.17) is 11.6 Å². The topological polar surface area (TPSA) is 64.0 Å². The number of nitrogens with zero attached hydrogens (tertiary/aromatic N) is 2. The van der Waals surface area contributed by atoms with Crippen LogP contribution in [0, 0.1) is 0 Å². The molecule has 27 heavy (non-hydrogen) atoms. The van der Waals surface area contributed by atoms with E-state index >= 15 is 0 Å². The van der Waals surface area contributed by atoms with Crippen molar-refractivity contribution in [1.82, 2.24) is 14.9 Å². The highest BCUT2D eigenvalue weighted by Gasteiger charge is 2.30. The lowest BCUT2D eigenvalue weighted by Gasteiger charge is -2.33. The average Bonchev–Trinajstić information content (AvgIpc) is 2.69. The number of nitrogens with one attached hydrogen (secondary N) is 1. The van der Waals surface area contributed by atoms with Gasteiger partial charge in [0, 0.05) is 5.02 Å². The van der Waals surface area contributed by atoms with Crippen molar-refractivity contribution in [2.75, 3.05) is 0 Å². The molecule has 0 aliphatic heterocycles. The molecule has 3 aromatic rings. The number of benzene rings is 2. The molecule has 0 unspecified atom stereocenters. The van der Waals surface area contributed by atoms with Crippen LogP contribution in [-0.4, -0.2) is 15.5 Å². The minimum atomic E-state index is -0.504. The maximum atomic E-state index is 12.7. The maximum Gasteiger partial charge on any atom is 0.261 e. The quantitative estimate of drug-likeness (QED) is 0.702. The van der Waals surface area contributed by atoms with Gasteiger partial charge < -0.3 is 5.32 Å². The summed E-state index contributed by atoms with van der Waals surface area (Å²) >= 11 is 5.99. The molecular weight excluding hydrogens is 362 g/mol. The molecule has 0 fully saturated rings. The molecule has 0 spiro atoms. The van der Waals surface area contributed by atoms with Gasteiger partial charge in [0.05, 0.1) is 22.8 Å². The molecule has 0 saturated heterocycles. The molecule has 0 saturated carbocycles. The fourth-order valence-corrected chi connectivity index (χ4v) is 3.48. The van der Waals surface area contributed by atoms with Crippen molar-refractivity contribution in [1.29, 1.82) is 0 Å². The molecule has 1 amide bonds. The predicted molar refractivity (Wildman–Crippen MR) is 108 cm³/mol. The molecular formula is C21H22ClN3O2. The van der Waals surface area contributed by atoms with Crippen molar-refractivity contribution < 1.29 is 4.79 Å². The van der Waals surface area contributed by atoms with Crippen LogP contribution in [0.25, 0.3) is 10.9 Å². The predicted octanol–water partition coefficient (Wildman–Crippen LogP) is 3.88. The third kappa shape index (κ3) is 3.88. The van der Waals surface area contributed by atoms with Crippen molar-refractivity contribution in [3.8, 4) is 0 Å². The van der Waals surface area contributed by atoms with Gasteiger partial charge in [-0.3, -0.25) is 14.2 Å². The Labute approximate surface area is 163 Å². The minimum Gasteiger partial charge on any atom is -0.345 e. The number of hydrogen-bond acceptors (Lipinski definition) is 3. The van der Waals surface area contributed by atoms with Gasteiger partial charge in [0.15, 0.2) is 0 Å². The van der Waals surface area contributed by atoms with Crippen LogP contribution in [-0.2, 0) is 16.9 Å². The summed E-state index contributed by atoms with van der Waals surface area (Å²) in [5.74, 6) is -0.229. The summed E-state index contributed by atoms with van der Waals surface area (Å²) in [6.07, 6.45) is 2.87. The third-order valence-corrected chi connectivity index (χ3v) is 5.28. The first-order valence-electron chi connectivity index (χ1n) is 9.00. The van der Waals surface area contributed by atoms with Crippen LogP contribution in [0.3, 0.4) is 0 Å². The monoisotopic (exact) mass is 383 g/mol. The number of carbonyl (C=O) groups is 1. The van der Waals surface area contributed by atoms with Gasteiger partial charge >= 0.3 is 0 Å². The fraction of sp³-hybridized carbons (Fsp3) is 0.286. The normalized spacial score (nSPS) is 11.5. The van der Waals surface area contributed by atoms with Crippen LogP contribution >= 0.6 is 11.6 Å². The lowest BCUT2D eigenvalue weighted by molar-refractivity contribution is -0.124. The molecule has 6 heteroatoms. The molecule has 0 aliphatic rings. The number of aromatic nitrogens is 2. The summed E-state index contributed by atoms with van der Waals surface area (Å²) < 4.78 is 1.34. The van der Waals surface area contributed by atoms with Crippen LogP contribution in [0.15, 0.2) is 59.7 Å². The molecule has 2 aromatic carbocycles. The van der Waals surface area contributed by atoms with E-state index in [0.29, 0.717) is 15.9 Å². The van der Waals surface area contributed by atoms with Crippen molar-refractivity contribution in [2.45, 2.75) is 38.8 Å². The first kappa shape index (κ1) is 19.1. The Balaban J connectivity index is 1.86. The first-order valence-corrected chi connectivity index (χ1v) is 9.38.